The van der Waals surface area contributed by atoms with Gasteiger partial charge in [0.05, 0.1) is 15.6 Å². The van der Waals surface area contributed by atoms with Gasteiger partial charge in [0.25, 0.3) is 0 Å². The molecule has 1 fully saturated rings. The number of aliphatic hydroxyl groups is 1. The van der Waals surface area contributed by atoms with E-state index in [1.165, 1.54) is 0 Å². The second kappa shape index (κ2) is 6.37. The van der Waals surface area contributed by atoms with Gasteiger partial charge in [0.15, 0.2) is 0 Å². The van der Waals surface area contributed by atoms with Crippen LogP contribution in [0.15, 0.2) is 6.07 Å². The van der Waals surface area contributed by atoms with Crippen LogP contribution in [-0.4, -0.2) is 35.3 Å². The Morgan fingerprint density at radius 3 is 2.80 bits per heavy atom. The molecule has 2 rings (SSSR count). The fourth-order valence-corrected chi connectivity index (χ4v) is 2.99. The van der Waals surface area contributed by atoms with E-state index < -0.39 is 5.60 Å². The monoisotopic (exact) mass is 317 g/mol. The van der Waals surface area contributed by atoms with Gasteiger partial charge in [-0.25, -0.2) is 4.98 Å². The van der Waals surface area contributed by atoms with Crippen LogP contribution < -0.4 is 10.2 Å². The van der Waals surface area contributed by atoms with Gasteiger partial charge in [-0.15, -0.1) is 0 Å². The number of rotatable bonds is 3. The van der Waals surface area contributed by atoms with Crippen molar-refractivity contribution in [2.24, 2.45) is 0 Å². The molecule has 2 N–H and O–H groups in total. The third-order valence-electron chi connectivity index (χ3n) is 3.62. The zero-order valence-electron chi connectivity index (χ0n) is 11.9. The molecule has 1 aromatic heterocycles. The Labute approximate surface area is 130 Å². The smallest absolute Gasteiger partial charge is 0.149 e. The molecular formula is C14H21Cl2N3O. The Hall–Kier alpha value is -0.710. The Morgan fingerprint density at radius 2 is 2.10 bits per heavy atom. The summed E-state index contributed by atoms with van der Waals surface area (Å²) in [6, 6.07) is 1.73. The molecule has 20 heavy (non-hydrogen) atoms. The molecule has 1 aliphatic heterocycles. The summed E-state index contributed by atoms with van der Waals surface area (Å²) in [4.78, 5) is 6.67. The Balaban J connectivity index is 2.25. The van der Waals surface area contributed by atoms with E-state index >= 15 is 0 Å². The maximum Gasteiger partial charge on any atom is 0.149 e. The van der Waals surface area contributed by atoms with Crippen LogP contribution in [0.5, 0.6) is 0 Å². The van der Waals surface area contributed by atoms with Crippen LogP contribution in [0, 0.1) is 0 Å². The first-order valence-electron chi connectivity index (χ1n) is 7.00. The van der Waals surface area contributed by atoms with Gasteiger partial charge in [-0.05, 0) is 39.2 Å². The molecule has 0 radical (unpaired) electrons. The highest BCUT2D eigenvalue weighted by Crippen LogP contribution is 2.33. The highest BCUT2D eigenvalue weighted by molar-refractivity contribution is 6.37. The SMILES string of the molecule is CCNc1nc(N2CCCC(C)(O)CC2)c(Cl)cc1Cl. The number of aromatic nitrogens is 1. The molecule has 1 atom stereocenters. The van der Waals surface area contributed by atoms with E-state index in [0.29, 0.717) is 22.3 Å². The highest BCUT2D eigenvalue weighted by atomic mass is 35.5. The average molecular weight is 318 g/mol. The predicted octanol–water partition coefficient (Wildman–Crippen LogP) is 3.56. The summed E-state index contributed by atoms with van der Waals surface area (Å²) >= 11 is 12.4. The number of halogens is 2. The lowest BCUT2D eigenvalue weighted by Gasteiger charge is -2.25. The van der Waals surface area contributed by atoms with Crippen molar-refractivity contribution >= 4 is 34.8 Å². The number of anilines is 2. The fourth-order valence-electron chi connectivity index (χ4n) is 2.45. The van der Waals surface area contributed by atoms with E-state index in [4.69, 9.17) is 23.2 Å². The first-order chi connectivity index (χ1) is 9.43. The van der Waals surface area contributed by atoms with Gasteiger partial charge in [0.2, 0.25) is 0 Å². The molecule has 1 aromatic rings. The Bertz CT molecular complexity index is 480. The minimum absolute atomic E-state index is 0.530. The summed E-state index contributed by atoms with van der Waals surface area (Å²) in [6.07, 6.45) is 2.43. The Morgan fingerprint density at radius 1 is 1.35 bits per heavy atom. The molecule has 0 spiro atoms. The van der Waals surface area contributed by atoms with E-state index in [2.05, 4.69) is 15.2 Å². The fraction of sp³-hybridized carbons (Fsp3) is 0.643. The van der Waals surface area contributed by atoms with Crippen molar-refractivity contribution in [2.45, 2.75) is 38.7 Å². The second-order valence-corrected chi connectivity index (χ2v) is 6.31. The molecule has 0 amide bonds. The van der Waals surface area contributed by atoms with Gasteiger partial charge < -0.3 is 15.3 Å². The number of nitrogens with zero attached hydrogens (tertiary/aromatic N) is 2. The van der Waals surface area contributed by atoms with Gasteiger partial charge in [-0.3, -0.25) is 0 Å². The maximum atomic E-state index is 10.2. The van der Waals surface area contributed by atoms with Crippen molar-refractivity contribution in [3.8, 4) is 0 Å². The van der Waals surface area contributed by atoms with Crippen molar-refractivity contribution in [2.75, 3.05) is 29.9 Å². The van der Waals surface area contributed by atoms with Gasteiger partial charge in [-0.1, -0.05) is 23.2 Å². The third-order valence-corrected chi connectivity index (χ3v) is 4.18. The van der Waals surface area contributed by atoms with Crippen molar-refractivity contribution in [3.63, 3.8) is 0 Å². The van der Waals surface area contributed by atoms with E-state index in [1.807, 2.05) is 13.8 Å². The molecule has 0 bridgehead atoms. The minimum atomic E-state index is -0.599. The molecule has 1 saturated heterocycles. The lowest BCUT2D eigenvalue weighted by molar-refractivity contribution is 0.0481. The van der Waals surface area contributed by atoms with E-state index in [-0.39, 0.29) is 0 Å². The zero-order valence-corrected chi connectivity index (χ0v) is 13.4. The molecule has 0 saturated carbocycles. The first kappa shape index (κ1) is 15.7. The van der Waals surface area contributed by atoms with Crippen LogP contribution in [0.1, 0.15) is 33.1 Å². The topological polar surface area (TPSA) is 48.4 Å². The molecule has 1 aliphatic rings. The molecule has 4 nitrogen and oxygen atoms in total. The lowest BCUT2D eigenvalue weighted by Crippen LogP contribution is -2.29. The average Bonchev–Trinajstić information content (AvgIpc) is 2.54. The molecular weight excluding hydrogens is 297 g/mol. The molecule has 2 heterocycles. The second-order valence-electron chi connectivity index (χ2n) is 5.49. The van der Waals surface area contributed by atoms with E-state index in [0.717, 1.165) is 38.3 Å². The standard InChI is InChI=1S/C14H21Cl2N3O/c1-3-17-12-10(15)9-11(16)13(18-12)19-7-4-5-14(2,20)6-8-19/h9,20H,3-8H2,1-2H3,(H,17,18). The van der Waals surface area contributed by atoms with Crippen molar-refractivity contribution < 1.29 is 5.11 Å². The van der Waals surface area contributed by atoms with Crippen LogP contribution >= 0.6 is 23.2 Å². The van der Waals surface area contributed by atoms with Crippen molar-refractivity contribution in [3.05, 3.63) is 16.1 Å². The van der Waals surface area contributed by atoms with E-state index in [9.17, 15) is 5.11 Å². The van der Waals surface area contributed by atoms with Crippen molar-refractivity contribution in [1.82, 2.24) is 4.98 Å². The van der Waals surface area contributed by atoms with Crippen LogP contribution in [0.4, 0.5) is 11.6 Å². The highest BCUT2D eigenvalue weighted by Gasteiger charge is 2.26. The first-order valence-corrected chi connectivity index (χ1v) is 7.76. The molecule has 6 heteroatoms. The summed E-state index contributed by atoms with van der Waals surface area (Å²) in [5.41, 5.74) is -0.599. The normalized spacial score (nSPS) is 23.6. The summed E-state index contributed by atoms with van der Waals surface area (Å²) in [5, 5.41) is 14.4. The summed E-state index contributed by atoms with van der Waals surface area (Å²) in [7, 11) is 0. The summed E-state index contributed by atoms with van der Waals surface area (Å²) in [5.74, 6) is 1.40. The predicted molar refractivity (Wildman–Crippen MR) is 85.1 cm³/mol. The van der Waals surface area contributed by atoms with Crippen LogP contribution in [0.2, 0.25) is 10.0 Å². The van der Waals surface area contributed by atoms with Gasteiger partial charge >= 0.3 is 0 Å². The largest absolute Gasteiger partial charge is 0.390 e. The Kier molecular flexibility index (Phi) is 4.99. The number of hydrogen-bond acceptors (Lipinski definition) is 4. The number of hydrogen-bond donors (Lipinski definition) is 2. The number of nitrogens with one attached hydrogen (secondary N) is 1. The molecule has 1 unspecified atom stereocenters. The van der Waals surface area contributed by atoms with Gasteiger partial charge in [0, 0.05) is 19.6 Å². The van der Waals surface area contributed by atoms with Crippen molar-refractivity contribution in [1.29, 1.82) is 0 Å². The third kappa shape index (κ3) is 3.68. The molecule has 0 aromatic carbocycles. The minimum Gasteiger partial charge on any atom is -0.390 e. The summed E-state index contributed by atoms with van der Waals surface area (Å²) in [6.45, 7) is 6.22. The maximum absolute atomic E-state index is 10.2. The van der Waals surface area contributed by atoms with E-state index in [1.54, 1.807) is 6.07 Å². The summed E-state index contributed by atoms with van der Waals surface area (Å²) < 4.78 is 0. The number of pyridine rings is 1. The van der Waals surface area contributed by atoms with Gasteiger partial charge in [-0.2, -0.15) is 0 Å². The molecule has 0 aliphatic carbocycles. The quantitative estimate of drug-likeness (QED) is 0.895. The zero-order chi connectivity index (χ0) is 14.8. The van der Waals surface area contributed by atoms with Crippen LogP contribution in [-0.2, 0) is 0 Å². The van der Waals surface area contributed by atoms with Crippen LogP contribution in [0.3, 0.4) is 0 Å². The van der Waals surface area contributed by atoms with Crippen LogP contribution in [0.25, 0.3) is 0 Å². The van der Waals surface area contributed by atoms with Gasteiger partial charge in [0.1, 0.15) is 11.6 Å². The molecule has 112 valence electrons. The lowest BCUT2D eigenvalue weighted by atomic mass is 9.98.